The van der Waals surface area contributed by atoms with Crippen LogP contribution in [0.5, 0.6) is 0 Å². The molecule has 2 aliphatic heterocycles. The van der Waals surface area contributed by atoms with Gasteiger partial charge in [0.25, 0.3) is 5.91 Å². The van der Waals surface area contributed by atoms with E-state index in [0.29, 0.717) is 0 Å². The number of hydrogen-bond donors (Lipinski definition) is 0. The molecule has 1 atom stereocenters. The highest BCUT2D eigenvalue weighted by Gasteiger charge is 2.35. The maximum atomic E-state index is 13.0. The molecule has 0 aromatic heterocycles. The largest absolute Gasteiger partial charge is 0.455 e. The highest BCUT2D eigenvalue weighted by molar-refractivity contribution is 7.91. The first-order valence-electron chi connectivity index (χ1n) is 8.99. The van der Waals surface area contributed by atoms with Gasteiger partial charge in [0.1, 0.15) is 5.82 Å². The van der Waals surface area contributed by atoms with Crippen molar-refractivity contribution in [1.82, 2.24) is 9.21 Å². The summed E-state index contributed by atoms with van der Waals surface area (Å²) in [5, 5.41) is 0. The summed E-state index contributed by atoms with van der Waals surface area (Å²) in [7, 11) is -7.01. The molecule has 1 aromatic rings. The fraction of sp³-hybridized carbons (Fsp3) is 0.529. The molecule has 2 aliphatic rings. The predicted molar refractivity (Wildman–Crippen MR) is 99.5 cm³/mol. The summed E-state index contributed by atoms with van der Waals surface area (Å²) in [5.41, 5.74) is 0. The lowest BCUT2D eigenvalue weighted by Crippen LogP contribution is -2.51. The Kier molecular flexibility index (Phi) is 6.24. The lowest BCUT2D eigenvalue weighted by atomic mass is 10.1. The summed E-state index contributed by atoms with van der Waals surface area (Å²) < 4.78 is 67.1. The molecule has 3 rings (SSSR count). The van der Waals surface area contributed by atoms with E-state index in [1.165, 1.54) is 21.3 Å². The monoisotopic (exact) mass is 448 g/mol. The summed E-state index contributed by atoms with van der Waals surface area (Å²) in [4.78, 5) is 25.5. The third-order valence-electron chi connectivity index (χ3n) is 4.95. The van der Waals surface area contributed by atoms with E-state index in [0.717, 1.165) is 12.1 Å². The summed E-state index contributed by atoms with van der Waals surface area (Å²) in [6.07, 6.45) is 0.190. The van der Waals surface area contributed by atoms with Gasteiger partial charge in [-0.15, -0.1) is 0 Å². The smallest absolute Gasteiger partial charge is 0.310 e. The highest BCUT2D eigenvalue weighted by Crippen LogP contribution is 2.20. The van der Waals surface area contributed by atoms with Crippen molar-refractivity contribution in [3.8, 4) is 0 Å². The Labute approximate surface area is 168 Å². The molecule has 0 aliphatic carbocycles. The number of hydrogen-bond acceptors (Lipinski definition) is 7. The second-order valence-electron chi connectivity index (χ2n) is 6.95. The molecule has 0 N–H and O–H groups in total. The molecule has 12 heteroatoms. The molecule has 0 bridgehead atoms. The van der Waals surface area contributed by atoms with E-state index in [9.17, 15) is 30.8 Å². The van der Waals surface area contributed by atoms with Crippen molar-refractivity contribution in [2.24, 2.45) is 5.92 Å². The van der Waals surface area contributed by atoms with Crippen LogP contribution < -0.4 is 0 Å². The van der Waals surface area contributed by atoms with Crippen LogP contribution in [0.2, 0.25) is 0 Å². The number of sulfone groups is 1. The fourth-order valence-electron chi connectivity index (χ4n) is 3.26. The van der Waals surface area contributed by atoms with Crippen LogP contribution in [0.3, 0.4) is 0 Å². The zero-order chi connectivity index (χ0) is 21.2. The molecular formula is C17H21FN2O7S2. The van der Waals surface area contributed by atoms with Crippen molar-refractivity contribution in [3.05, 3.63) is 30.1 Å². The molecule has 1 amide bonds. The quantitative estimate of drug-likeness (QED) is 0.564. The van der Waals surface area contributed by atoms with E-state index in [2.05, 4.69) is 0 Å². The van der Waals surface area contributed by atoms with Gasteiger partial charge in [-0.2, -0.15) is 4.31 Å². The van der Waals surface area contributed by atoms with Crippen LogP contribution >= 0.6 is 0 Å². The molecule has 1 aromatic carbocycles. The number of ether oxygens (including phenoxy) is 1. The summed E-state index contributed by atoms with van der Waals surface area (Å²) in [6, 6.07) is 4.50. The maximum absolute atomic E-state index is 13.0. The number of carbonyl (C=O) groups is 2. The van der Waals surface area contributed by atoms with Crippen molar-refractivity contribution in [1.29, 1.82) is 0 Å². The second kappa shape index (κ2) is 8.36. The number of sulfonamides is 1. The third-order valence-corrected chi connectivity index (χ3v) is 8.63. The van der Waals surface area contributed by atoms with E-state index < -0.39 is 50.1 Å². The molecule has 9 nitrogen and oxygen atoms in total. The zero-order valence-corrected chi connectivity index (χ0v) is 17.1. The molecular weight excluding hydrogens is 427 g/mol. The lowest BCUT2D eigenvalue weighted by molar-refractivity contribution is -0.155. The Morgan fingerprint density at radius 2 is 1.72 bits per heavy atom. The molecule has 2 heterocycles. The SMILES string of the molecule is O=C(OCC(=O)N1CCN(S(=O)(=O)c2ccc(F)cc2)CC1)C1CCS(=O)(=O)C1. The Morgan fingerprint density at radius 3 is 2.28 bits per heavy atom. The van der Waals surface area contributed by atoms with Gasteiger partial charge in [0.2, 0.25) is 10.0 Å². The highest BCUT2D eigenvalue weighted by atomic mass is 32.2. The average molecular weight is 448 g/mol. The molecule has 1 unspecified atom stereocenters. The lowest BCUT2D eigenvalue weighted by Gasteiger charge is -2.33. The number of piperazine rings is 1. The topological polar surface area (TPSA) is 118 Å². The molecule has 0 radical (unpaired) electrons. The van der Waals surface area contributed by atoms with E-state index in [1.807, 2.05) is 0 Å². The fourth-order valence-corrected chi connectivity index (χ4v) is 6.40. The standard InChI is InChI=1S/C17H21FN2O7S2/c18-14-1-3-15(4-2-14)29(25,26)20-8-6-19(7-9-20)16(21)11-27-17(22)13-5-10-28(23,24)12-13/h1-4,13H,5-12H2. The molecule has 2 fully saturated rings. The first-order chi connectivity index (χ1) is 13.6. The van der Waals surface area contributed by atoms with Crippen LogP contribution in [0, 0.1) is 11.7 Å². The van der Waals surface area contributed by atoms with Gasteiger partial charge in [-0.25, -0.2) is 21.2 Å². The number of halogens is 1. The van der Waals surface area contributed by atoms with E-state index in [-0.39, 0.29) is 49.0 Å². The van der Waals surface area contributed by atoms with Gasteiger partial charge in [-0.1, -0.05) is 0 Å². The van der Waals surface area contributed by atoms with Gasteiger partial charge < -0.3 is 9.64 Å². The van der Waals surface area contributed by atoms with Gasteiger partial charge in [0.15, 0.2) is 16.4 Å². The predicted octanol–water partition coefficient (Wildman–Crippen LogP) is -0.363. The summed E-state index contributed by atoms with van der Waals surface area (Å²) >= 11 is 0. The minimum Gasteiger partial charge on any atom is -0.455 e. The third kappa shape index (κ3) is 5.11. The van der Waals surface area contributed by atoms with Crippen molar-refractivity contribution in [2.75, 3.05) is 44.3 Å². The van der Waals surface area contributed by atoms with E-state index >= 15 is 0 Å². The molecule has 0 spiro atoms. The normalized spacial score (nSPS) is 22.4. The van der Waals surface area contributed by atoms with Crippen molar-refractivity contribution >= 4 is 31.7 Å². The first-order valence-corrected chi connectivity index (χ1v) is 12.3. The van der Waals surface area contributed by atoms with Crippen LogP contribution in [0.15, 0.2) is 29.2 Å². The van der Waals surface area contributed by atoms with Crippen molar-refractivity contribution in [3.63, 3.8) is 0 Å². The van der Waals surface area contributed by atoms with Crippen molar-refractivity contribution < 1.29 is 35.6 Å². The number of nitrogens with zero attached hydrogens (tertiary/aromatic N) is 2. The summed E-state index contributed by atoms with van der Waals surface area (Å²) in [5.74, 6) is -2.80. The maximum Gasteiger partial charge on any atom is 0.310 e. The zero-order valence-electron chi connectivity index (χ0n) is 15.5. The first kappa shape index (κ1) is 21.7. The van der Waals surface area contributed by atoms with E-state index in [4.69, 9.17) is 4.74 Å². The van der Waals surface area contributed by atoms with Crippen LogP contribution in [-0.4, -0.2) is 82.2 Å². The number of esters is 1. The number of rotatable bonds is 5. The Bertz CT molecular complexity index is 985. The number of amides is 1. The Morgan fingerprint density at radius 1 is 1.10 bits per heavy atom. The van der Waals surface area contributed by atoms with Gasteiger partial charge in [-0.05, 0) is 30.7 Å². The van der Waals surface area contributed by atoms with Gasteiger partial charge >= 0.3 is 5.97 Å². The summed E-state index contributed by atoms with van der Waals surface area (Å²) in [6.45, 7) is -0.163. The number of benzene rings is 1. The van der Waals surface area contributed by atoms with Crippen LogP contribution in [0.1, 0.15) is 6.42 Å². The van der Waals surface area contributed by atoms with Gasteiger partial charge in [0.05, 0.1) is 22.3 Å². The Balaban J connectivity index is 1.49. The molecule has 0 saturated carbocycles. The van der Waals surface area contributed by atoms with Crippen LogP contribution in [0.4, 0.5) is 4.39 Å². The molecule has 29 heavy (non-hydrogen) atoms. The molecule has 2 saturated heterocycles. The number of carbonyl (C=O) groups excluding carboxylic acids is 2. The van der Waals surface area contributed by atoms with Crippen molar-refractivity contribution in [2.45, 2.75) is 11.3 Å². The van der Waals surface area contributed by atoms with Crippen LogP contribution in [-0.2, 0) is 34.2 Å². The minimum absolute atomic E-state index is 0.0286. The van der Waals surface area contributed by atoms with Crippen LogP contribution in [0.25, 0.3) is 0 Å². The van der Waals surface area contributed by atoms with Gasteiger partial charge in [-0.3, -0.25) is 9.59 Å². The van der Waals surface area contributed by atoms with E-state index in [1.54, 1.807) is 0 Å². The van der Waals surface area contributed by atoms with Gasteiger partial charge in [0, 0.05) is 26.2 Å². The minimum atomic E-state index is -3.79. The Hall–Kier alpha value is -2.05. The molecule has 160 valence electrons. The second-order valence-corrected chi connectivity index (χ2v) is 11.1. The average Bonchev–Trinajstić information content (AvgIpc) is 3.06.